The van der Waals surface area contributed by atoms with Crippen LogP contribution >= 0.6 is 0 Å². The molecule has 0 saturated carbocycles. The third-order valence-corrected chi connectivity index (χ3v) is 2.65. The van der Waals surface area contributed by atoms with Crippen molar-refractivity contribution in [1.82, 2.24) is 4.90 Å². The summed E-state index contributed by atoms with van der Waals surface area (Å²) in [6.45, 7) is 3.52. The molecule has 0 radical (unpaired) electrons. The Labute approximate surface area is 85.6 Å². The Hall–Kier alpha value is -0.630. The lowest BCUT2D eigenvalue weighted by Gasteiger charge is -2.35. The molecule has 1 aliphatic rings. The Morgan fingerprint density at radius 2 is 2.43 bits per heavy atom. The van der Waals surface area contributed by atoms with Gasteiger partial charge in [0.15, 0.2) is 0 Å². The maximum Gasteiger partial charge on any atom is 0.117 e. The van der Waals surface area contributed by atoms with Crippen molar-refractivity contribution in [1.29, 1.82) is 5.26 Å². The average Bonchev–Trinajstić information content (AvgIpc) is 2.19. The quantitative estimate of drug-likeness (QED) is 0.660. The second-order valence-corrected chi connectivity index (χ2v) is 3.99. The normalized spacial score (nSPS) is 28.6. The lowest BCUT2D eigenvalue weighted by atomic mass is 9.92. The molecule has 0 aromatic heterocycles. The number of ether oxygens (including phenoxy) is 1. The predicted molar refractivity (Wildman–Crippen MR) is 54.7 cm³/mol. The van der Waals surface area contributed by atoms with E-state index < -0.39 is 5.54 Å². The van der Waals surface area contributed by atoms with E-state index in [1.165, 1.54) is 0 Å². The number of hydrogen-bond donors (Lipinski definition) is 1. The highest BCUT2D eigenvalue weighted by atomic mass is 16.5. The molecule has 1 saturated heterocycles. The van der Waals surface area contributed by atoms with Crippen LogP contribution in [0.5, 0.6) is 0 Å². The summed E-state index contributed by atoms with van der Waals surface area (Å²) in [6, 6.07) is 2.21. The highest BCUT2D eigenvalue weighted by molar-refractivity contribution is 5.08. The molecule has 14 heavy (non-hydrogen) atoms. The van der Waals surface area contributed by atoms with E-state index in [4.69, 9.17) is 15.7 Å². The molecule has 1 rings (SSSR count). The molecule has 1 atom stereocenters. The van der Waals surface area contributed by atoms with Gasteiger partial charge in [0.25, 0.3) is 0 Å². The average molecular weight is 197 g/mol. The van der Waals surface area contributed by atoms with E-state index in [9.17, 15) is 0 Å². The lowest BCUT2D eigenvalue weighted by molar-refractivity contribution is 0.143. The molecule has 0 aliphatic carbocycles. The maximum absolute atomic E-state index is 8.91. The molecule has 1 unspecified atom stereocenters. The van der Waals surface area contributed by atoms with Crippen molar-refractivity contribution < 1.29 is 4.74 Å². The predicted octanol–water partition coefficient (Wildman–Crippen LogP) is 0.340. The Balaban J connectivity index is 2.30. The fourth-order valence-corrected chi connectivity index (χ4v) is 1.89. The molecule has 4 heteroatoms. The van der Waals surface area contributed by atoms with Gasteiger partial charge in [-0.25, -0.2) is 0 Å². The van der Waals surface area contributed by atoms with Crippen LogP contribution in [0.4, 0.5) is 0 Å². The summed E-state index contributed by atoms with van der Waals surface area (Å²) in [5.41, 5.74) is 5.30. The summed E-state index contributed by atoms with van der Waals surface area (Å²) < 4.78 is 4.99. The van der Waals surface area contributed by atoms with Gasteiger partial charge in [-0.1, -0.05) is 0 Å². The molecule has 1 aliphatic heterocycles. The van der Waals surface area contributed by atoms with Crippen molar-refractivity contribution in [2.24, 2.45) is 5.73 Å². The molecule has 80 valence electrons. The number of hydrogen-bond acceptors (Lipinski definition) is 4. The van der Waals surface area contributed by atoms with Gasteiger partial charge < -0.3 is 15.4 Å². The van der Waals surface area contributed by atoms with E-state index in [0.29, 0.717) is 6.54 Å². The first-order chi connectivity index (χ1) is 6.70. The Morgan fingerprint density at radius 1 is 1.64 bits per heavy atom. The van der Waals surface area contributed by atoms with Gasteiger partial charge in [-0.3, -0.25) is 0 Å². The van der Waals surface area contributed by atoms with Crippen LogP contribution in [0.1, 0.15) is 19.3 Å². The number of methoxy groups -OCH3 is 1. The van der Waals surface area contributed by atoms with Crippen LogP contribution in [0.15, 0.2) is 0 Å². The molecule has 0 spiro atoms. The second kappa shape index (κ2) is 5.30. The van der Waals surface area contributed by atoms with E-state index >= 15 is 0 Å². The van der Waals surface area contributed by atoms with Gasteiger partial charge in [0, 0.05) is 26.8 Å². The largest absolute Gasteiger partial charge is 0.385 e. The maximum atomic E-state index is 8.91. The van der Waals surface area contributed by atoms with Gasteiger partial charge in [-0.05, 0) is 25.8 Å². The van der Waals surface area contributed by atoms with Crippen LogP contribution in [0.2, 0.25) is 0 Å². The van der Waals surface area contributed by atoms with Crippen LogP contribution < -0.4 is 5.73 Å². The van der Waals surface area contributed by atoms with Crippen molar-refractivity contribution >= 4 is 0 Å². The topological polar surface area (TPSA) is 62.3 Å². The molecule has 0 aromatic rings. The van der Waals surface area contributed by atoms with Crippen molar-refractivity contribution in [3.63, 3.8) is 0 Å². The van der Waals surface area contributed by atoms with Gasteiger partial charge in [-0.15, -0.1) is 0 Å². The molecule has 1 heterocycles. The van der Waals surface area contributed by atoms with Crippen LogP contribution in [-0.4, -0.2) is 43.8 Å². The Kier molecular flexibility index (Phi) is 4.33. The second-order valence-electron chi connectivity index (χ2n) is 3.99. The summed E-state index contributed by atoms with van der Waals surface area (Å²) in [4.78, 5) is 2.26. The van der Waals surface area contributed by atoms with E-state index in [1.54, 1.807) is 7.11 Å². The van der Waals surface area contributed by atoms with Crippen molar-refractivity contribution in [2.75, 3.05) is 33.4 Å². The van der Waals surface area contributed by atoms with Gasteiger partial charge in [-0.2, -0.15) is 5.26 Å². The van der Waals surface area contributed by atoms with Crippen LogP contribution in [0, 0.1) is 11.3 Å². The SMILES string of the molecule is COCCCN1CCCC(N)(C#N)C1. The lowest BCUT2D eigenvalue weighted by Crippen LogP contribution is -2.53. The minimum absolute atomic E-state index is 0.620. The van der Waals surface area contributed by atoms with E-state index in [2.05, 4.69) is 11.0 Å². The van der Waals surface area contributed by atoms with Crippen molar-refractivity contribution in [2.45, 2.75) is 24.8 Å². The highest BCUT2D eigenvalue weighted by Gasteiger charge is 2.30. The number of piperidine rings is 1. The van der Waals surface area contributed by atoms with Gasteiger partial charge in [0.1, 0.15) is 5.54 Å². The smallest absolute Gasteiger partial charge is 0.117 e. The van der Waals surface area contributed by atoms with E-state index in [0.717, 1.165) is 39.0 Å². The molecular weight excluding hydrogens is 178 g/mol. The summed E-state index contributed by atoms with van der Waals surface area (Å²) in [7, 11) is 1.71. The third kappa shape index (κ3) is 3.26. The molecule has 0 amide bonds. The zero-order valence-corrected chi connectivity index (χ0v) is 8.83. The molecule has 0 bridgehead atoms. The number of nitriles is 1. The summed E-state index contributed by atoms with van der Waals surface area (Å²) in [5, 5.41) is 8.91. The minimum Gasteiger partial charge on any atom is -0.385 e. The van der Waals surface area contributed by atoms with Gasteiger partial charge >= 0.3 is 0 Å². The summed E-state index contributed by atoms with van der Waals surface area (Å²) >= 11 is 0. The molecule has 4 nitrogen and oxygen atoms in total. The van der Waals surface area contributed by atoms with E-state index in [1.807, 2.05) is 0 Å². The van der Waals surface area contributed by atoms with Crippen LogP contribution in [0.3, 0.4) is 0 Å². The van der Waals surface area contributed by atoms with Gasteiger partial charge in [0.2, 0.25) is 0 Å². The van der Waals surface area contributed by atoms with Crippen LogP contribution in [-0.2, 0) is 4.74 Å². The van der Waals surface area contributed by atoms with Gasteiger partial charge in [0.05, 0.1) is 6.07 Å². The third-order valence-electron chi connectivity index (χ3n) is 2.65. The van der Waals surface area contributed by atoms with Crippen molar-refractivity contribution in [3.05, 3.63) is 0 Å². The van der Waals surface area contributed by atoms with E-state index in [-0.39, 0.29) is 0 Å². The first-order valence-electron chi connectivity index (χ1n) is 5.11. The standard InChI is InChI=1S/C10H19N3O/c1-14-7-3-6-13-5-2-4-10(12,8-11)9-13/h2-7,9,12H2,1H3. The Morgan fingerprint density at radius 3 is 3.07 bits per heavy atom. The number of nitrogens with two attached hydrogens (primary N) is 1. The Bertz CT molecular complexity index is 214. The summed E-state index contributed by atoms with van der Waals surface area (Å²) in [5.74, 6) is 0. The fourth-order valence-electron chi connectivity index (χ4n) is 1.89. The minimum atomic E-state index is -0.620. The molecule has 2 N–H and O–H groups in total. The zero-order valence-electron chi connectivity index (χ0n) is 8.83. The first kappa shape index (κ1) is 11.4. The number of rotatable bonds is 4. The molecule has 0 aromatic carbocycles. The number of nitrogens with zero attached hydrogens (tertiary/aromatic N) is 2. The van der Waals surface area contributed by atoms with Crippen LogP contribution in [0.25, 0.3) is 0 Å². The van der Waals surface area contributed by atoms with Crippen molar-refractivity contribution in [3.8, 4) is 6.07 Å². The monoisotopic (exact) mass is 197 g/mol. The first-order valence-corrected chi connectivity index (χ1v) is 5.11. The number of likely N-dealkylation sites (tertiary alicyclic amines) is 1. The fraction of sp³-hybridized carbons (Fsp3) is 0.900. The summed E-state index contributed by atoms with van der Waals surface area (Å²) in [6.07, 6.45) is 2.86. The molecule has 1 fully saturated rings. The zero-order chi connectivity index (χ0) is 10.4. The highest BCUT2D eigenvalue weighted by Crippen LogP contribution is 2.17. The molecular formula is C10H19N3O.